The number of aromatic amines is 1. The molecule has 0 amide bonds. The Morgan fingerprint density at radius 1 is 1.27 bits per heavy atom. The fraction of sp³-hybridized carbons (Fsp3) is 0.0667. The molecule has 7 nitrogen and oxygen atoms in total. The van der Waals surface area contributed by atoms with E-state index < -0.39 is 23.8 Å². The topological polar surface area (TPSA) is 106 Å². The van der Waals surface area contributed by atoms with Crippen LogP contribution in [-0.2, 0) is 9.63 Å². The molecule has 0 saturated carbocycles. The number of hydrogen-bond acceptors (Lipinski definition) is 5. The molecule has 134 valence electrons. The number of aromatic nitrogens is 3. The Bertz CT molecular complexity index is 998. The number of imidazole rings is 1. The number of alkyl halides is 3. The molecule has 0 aliphatic carbocycles. The minimum Gasteiger partial charge on any atom is -0.380 e. The van der Waals surface area contributed by atoms with Gasteiger partial charge >= 0.3 is 12.1 Å². The molecule has 0 fully saturated rings. The van der Waals surface area contributed by atoms with E-state index in [1.807, 2.05) is 0 Å². The number of nitrogens with two attached hydrogens (primary N) is 1. The Morgan fingerprint density at radius 2 is 2.04 bits per heavy atom. The molecule has 0 unspecified atom stereocenters. The minimum absolute atomic E-state index is 0.266. The number of carbonyl (C=O) groups is 1. The van der Waals surface area contributed by atoms with Crippen LogP contribution in [-0.4, -0.2) is 32.9 Å². The molecule has 0 radical (unpaired) electrons. The lowest BCUT2D eigenvalue weighted by atomic mass is 10.1. The summed E-state index contributed by atoms with van der Waals surface area (Å²) in [6.07, 6.45) is -3.69. The third kappa shape index (κ3) is 3.45. The van der Waals surface area contributed by atoms with Crippen LogP contribution in [0.15, 0.2) is 41.7 Å². The number of oxime groups is 1. The van der Waals surface area contributed by atoms with Crippen molar-refractivity contribution < 1.29 is 27.2 Å². The molecule has 0 bridgehead atoms. The SMILES string of the molecule is NC(=NOC(=O)C(F)(F)F)c1cc2nc(-c3ccccn3)[nH]c2cc1F. The number of H-pyrrole nitrogens is 1. The van der Waals surface area contributed by atoms with E-state index in [-0.39, 0.29) is 11.1 Å². The van der Waals surface area contributed by atoms with Crippen molar-refractivity contribution in [3.05, 3.63) is 47.9 Å². The molecule has 1 aromatic carbocycles. The molecule has 2 aromatic heterocycles. The lowest BCUT2D eigenvalue weighted by Crippen LogP contribution is -2.25. The molecule has 2 heterocycles. The number of fused-ring (bicyclic) bond motifs is 1. The van der Waals surface area contributed by atoms with Crippen LogP contribution in [0.3, 0.4) is 0 Å². The largest absolute Gasteiger partial charge is 0.493 e. The van der Waals surface area contributed by atoms with Gasteiger partial charge in [-0.15, -0.1) is 0 Å². The molecule has 3 aromatic rings. The summed E-state index contributed by atoms with van der Waals surface area (Å²) in [6.45, 7) is 0. The highest BCUT2D eigenvalue weighted by Gasteiger charge is 2.41. The zero-order valence-corrected chi connectivity index (χ0v) is 12.7. The molecule has 11 heteroatoms. The predicted octanol–water partition coefficient (Wildman–Crippen LogP) is 2.49. The monoisotopic (exact) mass is 367 g/mol. The Morgan fingerprint density at radius 3 is 2.69 bits per heavy atom. The number of nitrogens with zero attached hydrogens (tertiary/aromatic N) is 3. The standard InChI is InChI=1S/C15H9F4N5O2/c16-8-6-11-10(22-13(23-11)9-3-1-2-4-21-9)5-7(8)12(20)24-26-14(25)15(17,18)19/h1-6H,(H2,20,24)(H,22,23). The number of hydrogen-bond donors (Lipinski definition) is 2. The van der Waals surface area contributed by atoms with E-state index in [9.17, 15) is 22.4 Å². The second-order valence-corrected chi connectivity index (χ2v) is 5.00. The highest BCUT2D eigenvalue weighted by molar-refractivity contribution is 6.00. The minimum atomic E-state index is -5.24. The van der Waals surface area contributed by atoms with Crippen molar-refractivity contribution in [2.75, 3.05) is 0 Å². The third-order valence-electron chi connectivity index (χ3n) is 3.21. The van der Waals surface area contributed by atoms with Crippen molar-refractivity contribution >= 4 is 22.8 Å². The molecule has 0 saturated heterocycles. The smallest absolute Gasteiger partial charge is 0.380 e. The van der Waals surface area contributed by atoms with Crippen molar-refractivity contribution in [2.45, 2.75) is 6.18 Å². The number of rotatable bonds is 3. The van der Waals surface area contributed by atoms with E-state index in [1.54, 1.807) is 24.4 Å². The van der Waals surface area contributed by atoms with Crippen molar-refractivity contribution in [1.29, 1.82) is 0 Å². The normalized spacial score (nSPS) is 12.4. The predicted molar refractivity (Wildman–Crippen MR) is 82.2 cm³/mol. The summed E-state index contributed by atoms with van der Waals surface area (Å²) in [6, 6.07) is 7.33. The van der Waals surface area contributed by atoms with Crippen LogP contribution in [0, 0.1) is 5.82 Å². The van der Waals surface area contributed by atoms with E-state index >= 15 is 0 Å². The van der Waals surface area contributed by atoms with Gasteiger partial charge in [-0.1, -0.05) is 11.2 Å². The maximum Gasteiger partial charge on any atom is 0.493 e. The second-order valence-electron chi connectivity index (χ2n) is 5.00. The Kier molecular flexibility index (Phi) is 4.28. The first kappa shape index (κ1) is 17.3. The zero-order chi connectivity index (χ0) is 18.9. The average Bonchev–Trinajstić information content (AvgIpc) is 3.01. The molecule has 3 N–H and O–H groups in total. The molecule has 3 rings (SSSR count). The summed E-state index contributed by atoms with van der Waals surface area (Å²) in [5.41, 5.74) is 6.13. The van der Waals surface area contributed by atoms with Crippen LogP contribution >= 0.6 is 0 Å². The molecule has 0 atom stereocenters. The molecule has 0 spiro atoms. The first-order chi connectivity index (χ1) is 12.3. The van der Waals surface area contributed by atoms with E-state index in [0.29, 0.717) is 17.0 Å². The first-order valence-corrected chi connectivity index (χ1v) is 6.98. The van der Waals surface area contributed by atoms with E-state index in [0.717, 1.165) is 12.1 Å². The number of nitrogens with one attached hydrogen (secondary N) is 1. The molecule has 26 heavy (non-hydrogen) atoms. The van der Waals surface area contributed by atoms with Gasteiger partial charge in [-0.2, -0.15) is 13.2 Å². The van der Waals surface area contributed by atoms with Gasteiger partial charge in [0.1, 0.15) is 11.5 Å². The summed E-state index contributed by atoms with van der Waals surface area (Å²) < 4.78 is 50.4. The zero-order valence-electron chi connectivity index (χ0n) is 12.7. The van der Waals surface area contributed by atoms with Crippen LogP contribution in [0.25, 0.3) is 22.6 Å². The number of halogens is 4. The highest BCUT2D eigenvalue weighted by Crippen LogP contribution is 2.22. The van der Waals surface area contributed by atoms with Gasteiger partial charge in [0.05, 0.1) is 16.6 Å². The van der Waals surface area contributed by atoms with Crippen LogP contribution in [0.4, 0.5) is 17.6 Å². The molecule has 0 aliphatic rings. The van der Waals surface area contributed by atoms with Crippen molar-refractivity contribution in [1.82, 2.24) is 15.0 Å². The van der Waals surface area contributed by atoms with Gasteiger partial charge in [0.15, 0.2) is 11.7 Å². The van der Waals surface area contributed by atoms with E-state index in [1.165, 1.54) is 0 Å². The van der Waals surface area contributed by atoms with Gasteiger partial charge < -0.3 is 15.6 Å². The first-order valence-electron chi connectivity index (χ1n) is 6.98. The quantitative estimate of drug-likeness (QED) is 0.243. The van der Waals surface area contributed by atoms with E-state index in [2.05, 4.69) is 24.9 Å². The fourth-order valence-corrected chi connectivity index (χ4v) is 2.04. The Balaban J connectivity index is 1.94. The summed E-state index contributed by atoms with van der Waals surface area (Å²) in [5, 5.41) is 2.83. The maximum atomic E-state index is 14.2. The lowest BCUT2D eigenvalue weighted by Gasteiger charge is -2.04. The van der Waals surface area contributed by atoms with Gasteiger partial charge in [-0.25, -0.2) is 14.2 Å². The van der Waals surface area contributed by atoms with Gasteiger partial charge in [0.2, 0.25) is 0 Å². The van der Waals surface area contributed by atoms with Crippen molar-refractivity contribution in [3.8, 4) is 11.5 Å². The highest BCUT2D eigenvalue weighted by atomic mass is 19.4. The maximum absolute atomic E-state index is 14.2. The van der Waals surface area contributed by atoms with Gasteiger partial charge in [0.25, 0.3) is 0 Å². The average molecular weight is 367 g/mol. The fourth-order valence-electron chi connectivity index (χ4n) is 2.04. The van der Waals surface area contributed by atoms with Crippen molar-refractivity contribution in [3.63, 3.8) is 0 Å². The number of amidine groups is 1. The number of carbonyl (C=O) groups excluding carboxylic acids is 1. The lowest BCUT2D eigenvalue weighted by molar-refractivity contribution is -0.199. The molecular weight excluding hydrogens is 358 g/mol. The van der Waals surface area contributed by atoms with Crippen LogP contribution in [0.1, 0.15) is 5.56 Å². The number of benzene rings is 1. The van der Waals surface area contributed by atoms with Crippen LogP contribution in [0.2, 0.25) is 0 Å². The summed E-state index contributed by atoms with van der Waals surface area (Å²) in [5.74, 6) is -3.85. The van der Waals surface area contributed by atoms with Gasteiger partial charge in [-0.05, 0) is 18.2 Å². The van der Waals surface area contributed by atoms with Crippen LogP contribution in [0.5, 0.6) is 0 Å². The summed E-state index contributed by atoms with van der Waals surface area (Å²) in [7, 11) is 0. The summed E-state index contributed by atoms with van der Waals surface area (Å²) in [4.78, 5) is 25.5. The van der Waals surface area contributed by atoms with Gasteiger partial charge in [-0.3, -0.25) is 4.98 Å². The van der Waals surface area contributed by atoms with Crippen molar-refractivity contribution in [2.24, 2.45) is 10.9 Å². The van der Waals surface area contributed by atoms with E-state index in [4.69, 9.17) is 5.73 Å². The number of pyridine rings is 1. The second kappa shape index (κ2) is 6.43. The Labute approximate surface area is 142 Å². The summed E-state index contributed by atoms with van der Waals surface area (Å²) >= 11 is 0. The molecular formula is C15H9F4N5O2. The molecule has 0 aliphatic heterocycles. The third-order valence-corrected chi connectivity index (χ3v) is 3.21. The Hall–Kier alpha value is -3.50. The van der Waals surface area contributed by atoms with Gasteiger partial charge in [0, 0.05) is 12.3 Å². The van der Waals surface area contributed by atoms with Crippen LogP contribution < -0.4 is 5.73 Å².